The van der Waals surface area contributed by atoms with Crippen LogP contribution in [0.1, 0.15) is 32.8 Å². The van der Waals surface area contributed by atoms with Crippen molar-refractivity contribution in [3.63, 3.8) is 0 Å². The van der Waals surface area contributed by atoms with Crippen LogP contribution in [0.3, 0.4) is 0 Å². The van der Waals surface area contributed by atoms with Crippen LogP contribution >= 0.6 is 15.9 Å². The second-order valence-electron chi connectivity index (χ2n) is 6.74. The Balaban J connectivity index is 2.29. The predicted octanol–water partition coefficient (Wildman–Crippen LogP) is 4.89. The number of rotatable bonds is 1. The van der Waals surface area contributed by atoms with Crippen LogP contribution in [0.25, 0.3) is 0 Å². The molecule has 1 fully saturated rings. The first-order chi connectivity index (χ1) is 10.4. The number of halogens is 4. The van der Waals surface area contributed by atoms with Crippen molar-refractivity contribution in [2.75, 3.05) is 13.1 Å². The van der Waals surface area contributed by atoms with Gasteiger partial charge in [-0.25, -0.2) is 4.79 Å². The molecule has 0 radical (unpaired) electrons. The van der Waals surface area contributed by atoms with E-state index >= 15 is 0 Å². The average Bonchev–Trinajstić information content (AvgIpc) is 2.83. The van der Waals surface area contributed by atoms with Gasteiger partial charge in [-0.05, 0) is 44.9 Å². The third-order valence-corrected chi connectivity index (χ3v) is 4.39. The number of hydrogen-bond donors (Lipinski definition) is 0. The third kappa shape index (κ3) is 3.82. The Morgan fingerprint density at radius 2 is 1.78 bits per heavy atom. The minimum absolute atomic E-state index is 0.0183. The first-order valence-electron chi connectivity index (χ1n) is 7.25. The van der Waals surface area contributed by atoms with Gasteiger partial charge < -0.3 is 9.64 Å². The third-order valence-electron chi connectivity index (χ3n) is 3.86. The zero-order chi connectivity index (χ0) is 17.5. The Kier molecular flexibility index (Phi) is 4.72. The summed E-state index contributed by atoms with van der Waals surface area (Å²) in [6, 6.07) is 6.07. The summed E-state index contributed by atoms with van der Waals surface area (Å²) in [6.45, 7) is 4.66. The Bertz CT molecular complexity index is 580. The summed E-state index contributed by atoms with van der Waals surface area (Å²) in [4.78, 5) is 13.2. The van der Waals surface area contributed by atoms with Crippen LogP contribution in [0.4, 0.5) is 18.0 Å². The molecule has 7 heteroatoms. The van der Waals surface area contributed by atoms with Crippen molar-refractivity contribution in [3.05, 3.63) is 34.3 Å². The molecule has 1 aliphatic rings. The van der Waals surface area contributed by atoms with Gasteiger partial charge in [0, 0.05) is 17.6 Å². The summed E-state index contributed by atoms with van der Waals surface area (Å²) >= 11 is 3.22. The molecule has 0 bridgehead atoms. The van der Waals surface area contributed by atoms with E-state index in [2.05, 4.69) is 15.9 Å². The number of amides is 1. The lowest BCUT2D eigenvalue weighted by molar-refractivity contribution is -0.186. The molecular formula is C16H19BrF3NO2. The molecule has 1 heterocycles. The Morgan fingerprint density at radius 1 is 1.22 bits per heavy atom. The van der Waals surface area contributed by atoms with E-state index in [0.717, 1.165) is 4.90 Å². The number of likely N-dealkylation sites (tertiary alicyclic amines) is 1. The van der Waals surface area contributed by atoms with E-state index in [1.165, 1.54) is 12.1 Å². The van der Waals surface area contributed by atoms with Crippen molar-refractivity contribution in [1.29, 1.82) is 0 Å². The van der Waals surface area contributed by atoms with E-state index in [4.69, 9.17) is 4.74 Å². The lowest BCUT2D eigenvalue weighted by atomic mass is 9.79. The highest BCUT2D eigenvalue weighted by molar-refractivity contribution is 9.10. The van der Waals surface area contributed by atoms with Gasteiger partial charge in [0.25, 0.3) is 0 Å². The minimum atomic E-state index is -4.45. The number of ether oxygens (including phenoxy) is 1. The first kappa shape index (κ1) is 18.1. The highest BCUT2D eigenvalue weighted by Gasteiger charge is 2.60. The maximum Gasteiger partial charge on any atom is 0.410 e. The summed E-state index contributed by atoms with van der Waals surface area (Å²) in [7, 11) is 0. The molecule has 1 aromatic carbocycles. The van der Waals surface area contributed by atoms with Gasteiger partial charge in [-0.3, -0.25) is 0 Å². The van der Waals surface area contributed by atoms with Crippen LogP contribution in [0, 0.1) is 0 Å². The molecule has 0 N–H and O–H groups in total. The van der Waals surface area contributed by atoms with Gasteiger partial charge in [-0.1, -0.05) is 28.1 Å². The molecule has 23 heavy (non-hydrogen) atoms. The molecule has 1 unspecified atom stereocenters. The normalized spacial score (nSPS) is 22.3. The van der Waals surface area contributed by atoms with E-state index in [9.17, 15) is 18.0 Å². The molecule has 128 valence electrons. The SMILES string of the molecule is CC(C)(C)OC(=O)N1CCC(c2ccc(Br)cc2)(C(F)(F)F)C1. The fourth-order valence-corrected chi connectivity index (χ4v) is 2.96. The maximum atomic E-state index is 13.8. The van der Waals surface area contributed by atoms with Crippen LogP contribution in [-0.2, 0) is 10.2 Å². The number of benzene rings is 1. The second kappa shape index (κ2) is 6.00. The highest BCUT2D eigenvalue weighted by Crippen LogP contribution is 2.48. The van der Waals surface area contributed by atoms with Crippen LogP contribution in [0.15, 0.2) is 28.7 Å². The van der Waals surface area contributed by atoms with Crippen molar-refractivity contribution in [1.82, 2.24) is 4.90 Å². The topological polar surface area (TPSA) is 29.5 Å². The standard InChI is InChI=1S/C16H19BrF3NO2/c1-14(2,3)23-13(22)21-9-8-15(10-21,16(18,19)20)11-4-6-12(17)7-5-11/h4-7H,8-10H2,1-3H3. The monoisotopic (exact) mass is 393 g/mol. The largest absolute Gasteiger partial charge is 0.444 e. The molecular weight excluding hydrogens is 375 g/mol. The Hall–Kier alpha value is -1.24. The fourth-order valence-electron chi connectivity index (χ4n) is 2.69. The molecule has 2 rings (SSSR count). The van der Waals surface area contributed by atoms with Crippen molar-refractivity contribution in [2.24, 2.45) is 0 Å². The van der Waals surface area contributed by atoms with Crippen LogP contribution < -0.4 is 0 Å². The molecule has 0 saturated carbocycles. The molecule has 0 aliphatic carbocycles. The van der Waals surface area contributed by atoms with E-state index < -0.39 is 29.8 Å². The molecule has 0 aromatic heterocycles. The Labute approximate surface area is 141 Å². The number of hydrogen-bond acceptors (Lipinski definition) is 2. The summed E-state index contributed by atoms with van der Waals surface area (Å²) in [6.07, 6.45) is -5.32. The minimum Gasteiger partial charge on any atom is -0.444 e. The lowest BCUT2D eigenvalue weighted by Crippen LogP contribution is -2.46. The predicted molar refractivity (Wildman–Crippen MR) is 84.3 cm³/mol. The summed E-state index contributed by atoms with van der Waals surface area (Å²) in [5, 5.41) is 0. The zero-order valence-corrected chi connectivity index (χ0v) is 14.8. The van der Waals surface area contributed by atoms with Gasteiger partial charge in [0.05, 0.1) is 0 Å². The summed E-state index contributed by atoms with van der Waals surface area (Å²) in [5.74, 6) is 0. The lowest BCUT2D eigenvalue weighted by Gasteiger charge is -2.32. The highest BCUT2D eigenvalue weighted by atomic mass is 79.9. The van der Waals surface area contributed by atoms with Crippen LogP contribution in [0.2, 0.25) is 0 Å². The van der Waals surface area contributed by atoms with E-state index in [0.29, 0.717) is 4.47 Å². The van der Waals surface area contributed by atoms with Gasteiger partial charge in [0.2, 0.25) is 0 Å². The van der Waals surface area contributed by atoms with Gasteiger partial charge in [-0.15, -0.1) is 0 Å². The van der Waals surface area contributed by atoms with Crippen LogP contribution in [0.5, 0.6) is 0 Å². The van der Waals surface area contributed by atoms with Crippen LogP contribution in [-0.4, -0.2) is 35.9 Å². The maximum absolute atomic E-state index is 13.8. The van der Waals surface area contributed by atoms with E-state index in [1.54, 1.807) is 32.9 Å². The van der Waals surface area contributed by atoms with Crippen molar-refractivity contribution in [2.45, 2.75) is 44.4 Å². The first-order valence-corrected chi connectivity index (χ1v) is 8.05. The Morgan fingerprint density at radius 3 is 2.26 bits per heavy atom. The molecule has 1 atom stereocenters. The number of carbonyl (C=O) groups excluding carboxylic acids is 1. The summed E-state index contributed by atoms with van der Waals surface area (Å²) in [5.41, 5.74) is -2.62. The number of carbonyl (C=O) groups is 1. The number of nitrogens with zero attached hydrogens (tertiary/aromatic N) is 1. The molecule has 0 spiro atoms. The molecule has 1 aromatic rings. The van der Waals surface area contributed by atoms with Gasteiger partial charge in [-0.2, -0.15) is 13.2 Å². The second-order valence-corrected chi connectivity index (χ2v) is 7.65. The number of alkyl halides is 3. The molecule has 1 saturated heterocycles. The van der Waals surface area contributed by atoms with E-state index in [1.807, 2.05) is 0 Å². The van der Waals surface area contributed by atoms with Gasteiger partial charge in [0.1, 0.15) is 11.0 Å². The zero-order valence-electron chi connectivity index (χ0n) is 13.2. The molecule has 1 amide bonds. The van der Waals surface area contributed by atoms with E-state index in [-0.39, 0.29) is 18.5 Å². The summed E-state index contributed by atoms with van der Waals surface area (Å²) < 4.78 is 47.3. The van der Waals surface area contributed by atoms with Gasteiger partial charge in [0.15, 0.2) is 0 Å². The van der Waals surface area contributed by atoms with Gasteiger partial charge >= 0.3 is 12.3 Å². The smallest absolute Gasteiger partial charge is 0.410 e. The quantitative estimate of drug-likeness (QED) is 0.679. The van der Waals surface area contributed by atoms with Crippen molar-refractivity contribution >= 4 is 22.0 Å². The fraction of sp³-hybridized carbons (Fsp3) is 0.562. The van der Waals surface area contributed by atoms with Crippen molar-refractivity contribution in [3.8, 4) is 0 Å². The average molecular weight is 394 g/mol. The molecule has 3 nitrogen and oxygen atoms in total. The van der Waals surface area contributed by atoms with Crippen molar-refractivity contribution < 1.29 is 22.7 Å². The molecule has 1 aliphatic heterocycles.